The fourth-order valence-electron chi connectivity index (χ4n) is 1.90. The topological polar surface area (TPSA) is 12.0 Å². The maximum Gasteiger partial charge on any atom is 0.123 e. The second-order valence-electron chi connectivity index (χ2n) is 5.40. The van der Waals surface area contributed by atoms with Gasteiger partial charge in [0.25, 0.3) is 0 Å². The van der Waals surface area contributed by atoms with Crippen LogP contribution in [0.4, 0.5) is 4.39 Å². The molecule has 0 saturated carbocycles. The third kappa shape index (κ3) is 5.31. The van der Waals surface area contributed by atoms with Gasteiger partial charge < -0.3 is 5.32 Å². The maximum atomic E-state index is 13.1. The van der Waals surface area contributed by atoms with Crippen molar-refractivity contribution >= 4 is 0 Å². The Kier molecular flexibility index (Phi) is 5.63. The van der Waals surface area contributed by atoms with Crippen molar-refractivity contribution in [1.82, 2.24) is 5.32 Å². The summed E-state index contributed by atoms with van der Waals surface area (Å²) in [4.78, 5) is 0. The van der Waals surface area contributed by atoms with E-state index in [1.807, 2.05) is 6.07 Å². The van der Waals surface area contributed by atoms with Gasteiger partial charge in [0.1, 0.15) is 5.82 Å². The van der Waals surface area contributed by atoms with Gasteiger partial charge in [-0.25, -0.2) is 4.39 Å². The second kappa shape index (κ2) is 6.75. The molecule has 1 aromatic rings. The zero-order valence-electron chi connectivity index (χ0n) is 11.3. The normalized spacial score (nSPS) is 13.4. The number of rotatable bonds is 6. The highest BCUT2D eigenvalue weighted by molar-refractivity contribution is 5.17. The molecule has 0 aliphatic rings. The highest BCUT2D eigenvalue weighted by atomic mass is 19.1. The summed E-state index contributed by atoms with van der Waals surface area (Å²) < 4.78 is 13.1. The van der Waals surface area contributed by atoms with E-state index in [1.165, 1.54) is 6.07 Å². The summed E-state index contributed by atoms with van der Waals surface area (Å²) in [7, 11) is 0. The molecule has 1 aromatic carbocycles. The monoisotopic (exact) mass is 237 g/mol. The van der Waals surface area contributed by atoms with Gasteiger partial charge in [0, 0.05) is 6.04 Å². The van der Waals surface area contributed by atoms with E-state index < -0.39 is 0 Å². The molecule has 0 aliphatic carbocycles. The molecule has 96 valence electrons. The van der Waals surface area contributed by atoms with Gasteiger partial charge in [-0.05, 0) is 42.5 Å². The van der Waals surface area contributed by atoms with E-state index in [-0.39, 0.29) is 5.82 Å². The lowest BCUT2D eigenvalue weighted by molar-refractivity contribution is 0.349. The lowest BCUT2D eigenvalue weighted by atomic mass is 9.89. The van der Waals surface area contributed by atoms with Crippen LogP contribution in [0.5, 0.6) is 0 Å². The van der Waals surface area contributed by atoms with Crippen molar-refractivity contribution in [3.8, 4) is 0 Å². The number of benzene rings is 1. The Labute approximate surface area is 104 Å². The molecule has 1 rings (SSSR count). The van der Waals surface area contributed by atoms with Crippen molar-refractivity contribution in [1.29, 1.82) is 0 Å². The smallest absolute Gasteiger partial charge is 0.123 e. The quantitative estimate of drug-likeness (QED) is 0.796. The number of hydrogen-bond acceptors (Lipinski definition) is 1. The zero-order chi connectivity index (χ0) is 12.8. The van der Waals surface area contributed by atoms with Crippen LogP contribution in [0.2, 0.25) is 0 Å². The van der Waals surface area contributed by atoms with Crippen molar-refractivity contribution in [2.45, 2.75) is 40.2 Å². The standard InChI is InChI=1S/C15H24FN/c1-11(2)14(10-17-12(3)4)8-13-6-5-7-15(16)9-13/h5-7,9,11-12,14,17H,8,10H2,1-4H3. The Morgan fingerprint density at radius 3 is 2.41 bits per heavy atom. The van der Waals surface area contributed by atoms with Crippen molar-refractivity contribution in [2.24, 2.45) is 11.8 Å². The third-order valence-electron chi connectivity index (χ3n) is 3.12. The molecule has 1 unspecified atom stereocenters. The molecule has 0 amide bonds. The SMILES string of the molecule is CC(C)NCC(Cc1cccc(F)c1)C(C)C. The first kappa shape index (κ1) is 14.2. The van der Waals surface area contributed by atoms with Gasteiger partial charge in [-0.3, -0.25) is 0 Å². The summed E-state index contributed by atoms with van der Waals surface area (Å²) in [6, 6.07) is 7.44. The minimum Gasteiger partial charge on any atom is -0.314 e. The Balaban J connectivity index is 2.60. The van der Waals surface area contributed by atoms with E-state index in [4.69, 9.17) is 0 Å². The molecular formula is C15H24FN. The maximum absolute atomic E-state index is 13.1. The molecule has 0 radical (unpaired) electrons. The van der Waals surface area contributed by atoms with Gasteiger partial charge in [-0.2, -0.15) is 0 Å². The Bertz CT molecular complexity index is 333. The molecule has 0 aliphatic heterocycles. The first-order chi connectivity index (χ1) is 7.99. The van der Waals surface area contributed by atoms with Gasteiger partial charge in [-0.1, -0.05) is 39.8 Å². The van der Waals surface area contributed by atoms with E-state index in [2.05, 4.69) is 33.0 Å². The van der Waals surface area contributed by atoms with Crippen LogP contribution in [0, 0.1) is 17.7 Å². The molecule has 0 saturated heterocycles. The van der Waals surface area contributed by atoms with E-state index in [0.29, 0.717) is 17.9 Å². The lowest BCUT2D eigenvalue weighted by Crippen LogP contribution is -2.32. The van der Waals surface area contributed by atoms with Crippen molar-refractivity contribution in [3.05, 3.63) is 35.6 Å². The van der Waals surface area contributed by atoms with Gasteiger partial charge in [-0.15, -0.1) is 0 Å². The predicted octanol–water partition coefficient (Wildman–Crippen LogP) is 3.64. The molecule has 17 heavy (non-hydrogen) atoms. The van der Waals surface area contributed by atoms with E-state index >= 15 is 0 Å². The summed E-state index contributed by atoms with van der Waals surface area (Å²) in [6.45, 7) is 9.75. The molecule has 0 heterocycles. The van der Waals surface area contributed by atoms with Gasteiger partial charge in [0.05, 0.1) is 0 Å². The van der Waals surface area contributed by atoms with Crippen molar-refractivity contribution in [2.75, 3.05) is 6.54 Å². The minimum absolute atomic E-state index is 0.137. The van der Waals surface area contributed by atoms with Crippen LogP contribution in [-0.4, -0.2) is 12.6 Å². The van der Waals surface area contributed by atoms with Gasteiger partial charge in [0.2, 0.25) is 0 Å². The Hall–Kier alpha value is -0.890. The summed E-state index contributed by atoms with van der Waals surface area (Å²) >= 11 is 0. The fraction of sp³-hybridized carbons (Fsp3) is 0.600. The molecule has 0 aromatic heterocycles. The number of hydrogen-bond donors (Lipinski definition) is 1. The second-order valence-corrected chi connectivity index (χ2v) is 5.40. The van der Waals surface area contributed by atoms with E-state index in [0.717, 1.165) is 18.5 Å². The van der Waals surface area contributed by atoms with Crippen LogP contribution in [0.1, 0.15) is 33.3 Å². The Morgan fingerprint density at radius 1 is 1.18 bits per heavy atom. The summed E-state index contributed by atoms with van der Waals surface area (Å²) in [6.07, 6.45) is 0.940. The number of halogens is 1. The van der Waals surface area contributed by atoms with E-state index in [1.54, 1.807) is 12.1 Å². The lowest BCUT2D eigenvalue weighted by Gasteiger charge is -2.23. The highest BCUT2D eigenvalue weighted by Crippen LogP contribution is 2.17. The average Bonchev–Trinajstić information content (AvgIpc) is 2.23. The molecule has 1 N–H and O–H groups in total. The summed E-state index contributed by atoms with van der Waals surface area (Å²) in [5, 5.41) is 3.47. The van der Waals surface area contributed by atoms with Crippen LogP contribution in [0.15, 0.2) is 24.3 Å². The largest absolute Gasteiger partial charge is 0.314 e. The molecule has 2 heteroatoms. The first-order valence-electron chi connectivity index (χ1n) is 6.47. The molecular weight excluding hydrogens is 213 g/mol. The third-order valence-corrected chi connectivity index (χ3v) is 3.12. The highest BCUT2D eigenvalue weighted by Gasteiger charge is 2.14. The molecule has 0 bridgehead atoms. The minimum atomic E-state index is -0.137. The van der Waals surface area contributed by atoms with Gasteiger partial charge >= 0.3 is 0 Å². The van der Waals surface area contributed by atoms with E-state index in [9.17, 15) is 4.39 Å². The molecule has 0 spiro atoms. The molecule has 1 nitrogen and oxygen atoms in total. The zero-order valence-corrected chi connectivity index (χ0v) is 11.3. The molecule has 0 fully saturated rings. The average molecular weight is 237 g/mol. The fourth-order valence-corrected chi connectivity index (χ4v) is 1.90. The van der Waals surface area contributed by atoms with Crippen LogP contribution in [0.3, 0.4) is 0 Å². The predicted molar refractivity (Wildman–Crippen MR) is 71.6 cm³/mol. The van der Waals surface area contributed by atoms with Crippen LogP contribution in [-0.2, 0) is 6.42 Å². The first-order valence-corrected chi connectivity index (χ1v) is 6.47. The molecule has 1 atom stereocenters. The van der Waals surface area contributed by atoms with Crippen LogP contribution in [0.25, 0.3) is 0 Å². The van der Waals surface area contributed by atoms with Crippen molar-refractivity contribution in [3.63, 3.8) is 0 Å². The van der Waals surface area contributed by atoms with Crippen LogP contribution >= 0.6 is 0 Å². The van der Waals surface area contributed by atoms with Gasteiger partial charge in [0.15, 0.2) is 0 Å². The van der Waals surface area contributed by atoms with Crippen LogP contribution < -0.4 is 5.32 Å². The van der Waals surface area contributed by atoms with Crippen molar-refractivity contribution < 1.29 is 4.39 Å². The number of nitrogens with one attached hydrogen (secondary N) is 1. The summed E-state index contributed by atoms with van der Waals surface area (Å²) in [5.41, 5.74) is 1.09. The summed E-state index contributed by atoms with van der Waals surface area (Å²) in [5.74, 6) is 1.02. The Morgan fingerprint density at radius 2 is 1.88 bits per heavy atom.